The summed E-state index contributed by atoms with van der Waals surface area (Å²) < 4.78 is 27.8. The largest absolute Gasteiger partial charge is 0.390 e. The molecule has 40 heavy (non-hydrogen) atoms. The van der Waals surface area contributed by atoms with E-state index in [1.165, 1.54) is 24.1 Å². The van der Waals surface area contributed by atoms with E-state index in [0.717, 1.165) is 49.3 Å². The molecule has 0 radical (unpaired) electrons. The first kappa shape index (κ1) is 31.4. The van der Waals surface area contributed by atoms with Gasteiger partial charge >= 0.3 is 0 Å². The summed E-state index contributed by atoms with van der Waals surface area (Å²) in [6, 6.07) is 18.4. The van der Waals surface area contributed by atoms with E-state index >= 15 is 0 Å². The van der Waals surface area contributed by atoms with Gasteiger partial charge in [-0.2, -0.15) is 0 Å². The first-order valence-corrected chi connectivity index (χ1v) is 14.6. The number of rotatable bonds is 16. The fourth-order valence-electron chi connectivity index (χ4n) is 5.10. The van der Waals surface area contributed by atoms with Crippen LogP contribution in [0.3, 0.4) is 0 Å². The molecule has 3 rings (SSSR count). The van der Waals surface area contributed by atoms with Gasteiger partial charge in [0.15, 0.2) is 0 Å². The first-order valence-electron chi connectivity index (χ1n) is 14.6. The van der Waals surface area contributed by atoms with E-state index < -0.39 is 23.8 Å². The number of unbranched alkanes of at least 4 members (excludes halogenated alkanes) is 1. The van der Waals surface area contributed by atoms with Gasteiger partial charge in [-0.15, -0.1) is 0 Å². The molecule has 0 fully saturated rings. The lowest BCUT2D eigenvalue weighted by Crippen LogP contribution is -2.48. The van der Waals surface area contributed by atoms with E-state index in [1.54, 1.807) is 6.07 Å². The summed E-state index contributed by atoms with van der Waals surface area (Å²) in [4.78, 5) is 13.3. The summed E-state index contributed by atoms with van der Waals surface area (Å²) in [6.07, 6.45) is 5.56. The van der Waals surface area contributed by atoms with E-state index in [-0.39, 0.29) is 18.9 Å². The molecule has 0 saturated carbocycles. The molecule has 4 nitrogen and oxygen atoms in total. The summed E-state index contributed by atoms with van der Waals surface area (Å²) in [7, 11) is 0. The number of benzene rings is 3. The van der Waals surface area contributed by atoms with Crippen molar-refractivity contribution >= 4 is 5.91 Å². The highest BCUT2D eigenvalue weighted by Crippen LogP contribution is 2.20. The molecule has 216 valence electrons. The summed E-state index contributed by atoms with van der Waals surface area (Å²) in [6.45, 7) is 7.25. The molecule has 3 atom stereocenters. The van der Waals surface area contributed by atoms with Gasteiger partial charge in [0.1, 0.15) is 11.6 Å². The minimum Gasteiger partial charge on any atom is -0.390 e. The second-order valence-corrected chi connectivity index (χ2v) is 10.8. The van der Waals surface area contributed by atoms with Gasteiger partial charge in [-0.1, -0.05) is 82.9 Å². The lowest BCUT2D eigenvalue weighted by molar-refractivity contribution is 0.0829. The van der Waals surface area contributed by atoms with Crippen molar-refractivity contribution in [1.29, 1.82) is 0 Å². The molecular formula is C34H44F2N2O2. The first-order chi connectivity index (χ1) is 19.3. The Kier molecular flexibility index (Phi) is 12.8. The van der Waals surface area contributed by atoms with Gasteiger partial charge in [-0.3, -0.25) is 4.79 Å². The van der Waals surface area contributed by atoms with Crippen molar-refractivity contribution in [3.63, 3.8) is 0 Å². The number of nitrogens with one attached hydrogen (secondary N) is 2. The number of aryl methyl sites for hydroxylation is 1. The molecule has 3 aromatic carbocycles. The van der Waals surface area contributed by atoms with Crippen molar-refractivity contribution < 1.29 is 18.7 Å². The van der Waals surface area contributed by atoms with Gasteiger partial charge in [0.25, 0.3) is 5.91 Å². The highest BCUT2D eigenvalue weighted by Gasteiger charge is 2.23. The topological polar surface area (TPSA) is 61.4 Å². The van der Waals surface area contributed by atoms with Crippen LogP contribution in [0.25, 0.3) is 0 Å². The summed E-state index contributed by atoms with van der Waals surface area (Å²) in [5.41, 5.74) is 4.31. The number of hydrogen-bond donors (Lipinski definition) is 3. The van der Waals surface area contributed by atoms with Crippen molar-refractivity contribution in [2.45, 2.75) is 84.4 Å². The van der Waals surface area contributed by atoms with E-state index in [4.69, 9.17) is 0 Å². The van der Waals surface area contributed by atoms with Crippen LogP contribution in [-0.2, 0) is 25.8 Å². The van der Waals surface area contributed by atoms with Gasteiger partial charge in [0, 0.05) is 24.7 Å². The van der Waals surface area contributed by atoms with Gasteiger partial charge in [0.05, 0.1) is 12.1 Å². The van der Waals surface area contributed by atoms with Gasteiger partial charge in [0.2, 0.25) is 0 Å². The lowest BCUT2D eigenvalue weighted by Gasteiger charge is -2.25. The molecule has 1 unspecified atom stereocenters. The number of aliphatic hydroxyl groups is 1. The van der Waals surface area contributed by atoms with E-state index in [2.05, 4.69) is 43.5 Å². The summed E-state index contributed by atoms with van der Waals surface area (Å²) in [5.74, 6) is -1.13. The maximum absolute atomic E-state index is 13.9. The zero-order valence-electron chi connectivity index (χ0n) is 24.1. The van der Waals surface area contributed by atoms with Crippen LogP contribution in [0.5, 0.6) is 0 Å². The van der Waals surface area contributed by atoms with E-state index in [9.17, 15) is 18.7 Å². The monoisotopic (exact) mass is 550 g/mol. The number of aliphatic hydroxyl groups excluding tert-OH is 1. The van der Waals surface area contributed by atoms with Gasteiger partial charge in [-0.25, -0.2) is 8.78 Å². The van der Waals surface area contributed by atoms with Crippen molar-refractivity contribution in [2.75, 3.05) is 6.54 Å². The number of amides is 1. The third-order valence-electron chi connectivity index (χ3n) is 7.50. The molecule has 0 aliphatic rings. The molecule has 0 aromatic heterocycles. The predicted octanol–water partition coefficient (Wildman–Crippen LogP) is 6.78. The Labute approximate surface area is 238 Å². The van der Waals surface area contributed by atoms with Crippen LogP contribution in [0.1, 0.15) is 79.1 Å². The van der Waals surface area contributed by atoms with Gasteiger partial charge in [-0.05, 0) is 71.7 Å². The third-order valence-corrected chi connectivity index (χ3v) is 7.50. The Morgan fingerprint density at radius 3 is 2.25 bits per heavy atom. The third kappa shape index (κ3) is 10.1. The minimum absolute atomic E-state index is 0.0865. The van der Waals surface area contributed by atoms with Crippen LogP contribution in [0, 0.1) is 17.6 Å². The minimum atomic E-state index is -0.980. The summed E-state index contributed by atoms with van der Waals surface area (Å²) in [5, 5.41) is 17.3. The van der Waals surface area contributed by atoms with Crippen molar-refractivity contribution in [2.24, 2.45) is 5.92 Å². The lowest BCUT2D eigenvalue weighted by atomic mass is 9.91. The second kappa shape index (κ2) is 16.2. The molecule has 0 bridgehead atoms. The highest BCUT2D eigenvalue weighted by molar-refractivity contribution is 5.94. The average Bonchev–Trinajstić information content (AvgIpc) is 2.94. The number of halogens is 2. The molecule has 6 heteroatoms. The Morgan fingerprint density at radius 1 is 0.850 bits per heavy atom. The van der Waals surface area contributed by atoms with Crippen molar-refractivity contribution in [1.82, 2.24) is 10.6 Å². The molecular weight excluding hydrogens is 506 g/mol. The van der Waals surface area contributed by atoms with Gasteiger partial charge < -0.3 is 15.7 Å². The zero-order chi connectivity index (χ0) is 28.9. The fourth-order valence-corrected chi connectivity index (χ4v) is 5.10. The number of carbonyl (C=O) groups excluding carboxylic acids is 1. The molecule has 0 spiro atoms. The molecule has 0 heterocycles. The van der Waals surface area contributed by atoms with E-state index in [0.29, 0.717) is 23.6 Å². The standard InChI is InChI=1S/C34H44F2N2O2/c1-4-7-10-24(5-2)15-26-12-9-14-29(17-26)34(40)38-32(20-28-18-30(35)21-31(36)19-28)33(39)23-37-22-27-13-8-11-25(6-3)16-27/h8-9,11-14,16-19,21,24,32-33,37,39H,4-7,10,15,20,22-23H2,1-3H3,(H,38,40)/t24?,32-,33+/m0/s1. The Morgan fingerprint density at radius 2 is 1.55 bits per heavy atom. The Balaban J connectivity index is 1.72. The van der Waals surface area contributed by atoms with Crippen LogP contribution < -0.4 is 10.6 Å². The number of hydrogen-bond acceptors (Lipinski definition) is 3. The smallest absolute Gasteiger partial charge is 0.251 e. The van der Waals surface area contributed by atoms with Crippen LogP contribution in [-0.4, -0.2) is 29.7 Å². The molecule has 1 amide bonds. The quantitative estimate of drug-likeness (QED) is 0.184. The molecule has 3 N–H and O–H groups in total. The Hall–Kier alpha value is -3.09. The summed E-state index contributed by atoms with van der Waals surface area (Å²) >= 11 is 0. The molecule has 3 aromatic rings. The van der Waals surface area contributed by atoms with Crippen molar-refractivity contribution in [3.05, 3.63) is 106 Å². The normalized spacial score (nSPS) is 13.6. The highest BCUT2D eigenvalue weighted by atomic mass is 19.1. The SMILES string of the molecule is CCCCC(CC)Cc1cccc(C(=O)N[C@@H](Cc2cc(F)cc(F)c2)[C@H](O)CNCc2cccc(CC)c2)c1. The maximum Gasteiger partial charge on any atom is 0.251 e. The van der Waals surface area contributed by atoms with Crippen LogP contribution in [0.4, 0.5) is 8.78 Å². The van der Waals surface area contributed by atoms with Crippen LogP contribution in [0.2, 0.25) is 0 Å². The average molecular weight is 551 g/mol. The molecule has 0 aliphatic carbocycles. The van der Waals surface area contributed by atoms with Crippen LogP contribution in [0.15, 0.2) is 66.7 Å². The molecule has 0 aliphatic heterocycles. The molecule has 0 saturated heterocycles. The predicted molar refractivity (Wildman–Crippen MR) is 158 cm³/mol. The number of carbonyl (C=O) groups is 1. The fraction of sp³-hybridized carbons (Fsp3) is 0.441. The Bertz CT molecular complexity index is 1200. The van der Waals surface area contributed by atoms with Crippen molar-refractivity contribution in [3.8, 4) is 0 Å². The second-order valence-electron chi connectivity index (χ2n) is 10.8. The van der Waals surface area contributed by atoms with Crippen LogP contribution >= 0.6 is 0 Å². The van der Waals surface area contributed by atoms with E-state index in [1.807, 2.05) is 30.3 Å². The zero-order valence-corrected chi connectivity index (χ0v) is 24.1. The maximum atomic E-state index is 13.9.